The predicted molar refractivity (Wildman–Crippen MR) is 90.1 cm³/mol. The lowest BCUT2D eigenvalue weighted by atomic mass is 10.2. The van der Waals surface area contributed by atoms with E-state index in [1.165, 1.54) is 23.9 Å². The Hall–Kier alpha value is -1.92. The summed E-state index contributed by atoms with van der Waals surface area (Å²) in [6.07, 6.45) is 0. The first-order valence-electron chi connectivity index (χ1n) is 6.66. The van der Waals surface area contributed by atoms with Crippen LogP contribution in [0.3, 0.4) is 0 Å². The van der Waals surface area contributed by atoms with Crippen LogP contribution in [-0.2, 0) is 4.79 Å². The maximum absolute atomic E-state index is 13.2. The fraction of sp³-hybridized carbons (Fsp3) is 0.125. The largest absolute Gasteiger partial charge is 0.325 e. The van der Waals surface area contributed by atoms with E-state index in [0.29, 0.717) is 5.69 Å². The Kier molecular flexibility index (Phi) is 4.40. The Balaban J connectivity index is 1.63. The number of nitrogens with zero attached hydrogens (tertiary/aromatic N) is 1. The van der Waals surface area contributed by atoms with Gasteiger partial charge >= 0.3 is 0 Å². The molecular weight excluding hydrogens is 319 g/mol. The lowest BCUT2D eigenvalue weighted by Gasteiger charge is -2.07. The van der Waals surface area contributed by atoms with Gasteiger partial charge in [-0.2, -0.15) is 0 Å². The smallest absolute Gasteiger partial charge is 0.234 e. The minimum Gasteiger partial charge on any atom is -0.325 e. The molecule has 1 heterocycles. The number of rotatable bonds is 4. The molecule has 0 aliphatic carbocycles. The molecule has 1 aromatic heterocycles. The zero-order chi connectivity index (χ0) is 15.5. The highest BCUT2D eigenvalue weighted by atomic mass is 32.2. The first kappa shape index (κ1) is 15.0. The van der Waals surface area contributed by atoms with Gasteiger partial charge in [-0.15, -0.1) is 11.3 Å². The number of aromatic nitrogens is 1. The lowest BCUT2D eigenvalue weighted by molar-refractivity contribution is -0.113. The van der Waals surface area contributed by atoms with Crippen molar-refractivity contribution < 1.29 is 9.18 Å². The molecule has 6 heteroatoms. The number of thiazole rings is 1. The van der Waals surface area contributed by atoms with Gasteiger partial charge in [0.25, 0.3) is 0 Å². The van der Waals surface area contributed by atoms with Gasteiger partial charge in [0.1, 0.15) is 5.82 Å². The molecule has 0 radical (unpaired) electrons. The van der Waals surface area contributed by atoms with Crippen molar-refractivity contribution in [3.8, 4) is 0 Å². The highest BCUT2D eigenvalue weighted by Gasteiger charge is 2.09. The Morgan fingerprint density at radius 3 is 2.95 bits per heavy atom. The monoisotopic (exact) mass is 332 g/mol. The third-order valence-corrected chi connectivity index (χ3v) is 5.25. The average molecular weight is 332 g/mol. The number of hydrogen-bond donors (Lipinski definition) is 1. The minimum absolute atomic E-state index is 0.169. The van der Waals surface area contributed by atoms with Gasteiger partial charge in [0.05, 0.1) is 16.0 Å². The second-order valence-corrected chi connectivity index (χ2v) is 7.00. The lowest BCUT2D eigenvalue weighted by Crippen LogP contribution is -2.14. The Labute approximate surface area is 135 Å². The Morgan fingerprint density at radius 2 is 2.14 bits per heavy atom. The second-order valence-electron chi connectivity index (χ2n) is 4.74. The summed E-state index contributed by atoms with van der Waals surface area (Å²) in [5, 5.41) is 2.73. The third kappa shape index (κ3) is 3.45. The van der Waals surface area contributed by atoms with Crippen LogP contribution in [0, 0.1) is 12.7 Å². The van der Waals surface area contributed by atoms with Crippen molar-refractivity contribution in [2.24, 2.45) is 0 Å². The summed E-state index contributed by atoms with van der Waals surface area (Å²) in [7, 11) is 0. The molecule has 0 saturated heterocycles. The topological polar surface area (TPSA) is 42.0 Å². The predicted octanol–water partition coefficient (Wildman–Crippen LogP) is 4.47. The van der Waals surface area contributed by atoms with Crippen LogP contribution in [0.25, 0.3) is 10.2 Å². The molecule has 1 N–H and O–H groups in total. The summed E-state index contributed by atoms with van der Waals surface area (Å²) >= 11 is 2.95. The first-order chi connectivity index (χ1) is 10.6. The van der Waals surface area contributed by atoms with Crippen LogP contribution in [-0.4, -0.2) is 16.6 Å². The molecular formula is C16H13FN2OS2. The molecule has 0 spiro atoms. The van der Waals surface area contributed by atoms with E-state index in [-0.39, 0.29) is 17.5 Å². The molecule has 3 nitrogen and oxygen atoms in total. The van der Waals surface area contributed by atoms with E-state index < -0.39 is 0 Å². The van der Waals surface area contributed by atoms with E-state index in [1.807, 2.05) is 31.2 Å². The maximum Gasteiger partial charge on any atom is 0.234 e. The molecule has 112 valence electrons. The number of fused-ring (bicyclic) bond motifs is 1. The number of carbonyl (C=O) groups excluding carboxylic acids is 1. The number of benzene rings is 2. The second kappa shape index (κ2) is 6.46. The van der Waals surface area contributed by atoms with Crippen molar-refractivity contribution in [1.82, 2.24) is 4.98 Å². The Morgan fingerprint density at radius 1 is 1.32 bits per heavy atom. The van der Waals surface area contributed by atoms with Gasteiger partial charge in [-0.3, -0.25) is 4.79 Å². The highest BCUT2D eigenvalue weighted by molar-refractivity contribution is 8.01. The number of para-hydroxylation sites is 1. The van der Waals surface area contributed by atoms with Crippen LogP contribution in [0.5, 0.6) is 0 Å². The van der Waals surface area contributed by atoms with E-state index in [2.05, 4.69) is 10.3 Å². The molecule has 0 aliphatic heterocycles. The maximum atomic E-state index is 13.2. The quantitative estimate of drug-likeness (QED) is 0.717. The van der Waals surface area contributed by atoms with Gasteiger partial charge < -0.3 is 5.32 Å². The van der Waals surface area contributed by atoms with E-state index in [4.69, 9.17) is 0 Å². The van der Waals surface area contributed by atoms with Crippen LogP contribution >= 0.6 is 23.1 Å². The molecule has 0 bridgehead atoms. The summed E-state index contributed by atoms with van der Waals surface area (Å²) in [5.74, 6) is -0.284. The van der Waals surface area contributed by atoms with Gasteiger partial charge in [0, 0.05) is 5.69 Å². The fourth-order valence-corrected chi connectivity index (χ4v) is 3.82. The molecule has 2 aromatic carbocycles. The van der Waals surface area contributed by atoms with E-state index in [0.717, 1.165) is 20.1 Å². The average Bonchev–Trinajstić information content (AvgIpc) is 2.92. The fourth-order valence-electron chi connectivity index (χ4n) is 1.96. The number of thioether (sulfide) groups is 1. The van der Waals surface area contributed by atoms with Crippen molar-refractivity contribution >= 4 is 44.9 Å². The number of amides is 1. The molecule has 22 heavy (non-hydrogen) atoms. The van der Waals surface area contributed by atoms with Crippen LogP contribution in [0.1, 0.15) is 5.56 Å². The van der Waals surface area contributed by atoms with Gasteiger partial charge in [0.15, 0.2) is 4.34 Å². The van der Waals surface area contributed by atoms with Crippen molar-refractivity contribution in [3.05, 3.63) is 53.8 Å². The molecule has 0 unspecified atom stereocenters. The summed E-state index contributed by atoms with van der Waals surface area (Å²) < 4.78 is 15.2. The van der Waals surface area contributed by atoms with Crippen molar-refractivity contribution in [2.45, 2.75) is 11.3 Å². The minimum atomic E-state index is -0.361. The number of anilines is 1. The zero-order valence-electron chi connectivity index (χ0n) is 11.8. The van der Waals surface area contributed by atoms with Gasteiger partial charge in [0.2, 0.25) is 5.91 Å². The van der Waals surface area contributed by atoms with Gasteiger partial charge in [-0.1, -0.05) is 30.0 Å². The van der Waals surface area contributed by atoms with E-state index >= 15 is 0 Å². The van der Waals surface area contributed by atoms with Crippen LogP contribution in [0.2, 0.25) is 0 Å². The molecule has 1 amide bonds. The zero-order valence-corrected chi connectivity index (χ0v) is 13.4. The molecule has 0 saturated carbocycles. The normalized spacial score (nSPS) is 10.8. The number of carbonyl (C=O) groups is 1. The van der Waals surface area contributed by atoms with Gasteiger partial charge in [-0.25, -0.2) is 9.37 Å². The van der Waals surface area contributed by atoms with E-state index in [9.17, 15) is 9.18 Å². The van der Waals surface area contributed by atoms with Crippen LogP contribution < -0.4 is 5.32 Å². The summed E-state index contributed by atoms with van der Waals surface area (Å²) in [4.78, 5) is 16.5. The number of nitrogens with one attached hydrogen (secondary N) is 1. The standard InChI is InChI=1S/C16H13FN2OS2/c1-10-6-7-11(17)8-13(10)18-15(20)9-21-16-19-12-4-2-3-5-14(12)22-16/h2-8H,9H2,1H3,(H,18,20). The SMILES string of the molecule is Cc1ccc(F)cc1NC(=O)CSc1nc2ccccc2s1. The molecule has 0 atom stereocenters. The molecule has 3 aromatic rings. The van der Waals surface area contributed by atoms with Crippen molar-refractivity contribution in [1.29, 1.82) is 0 Å². The number of halogens is 1. The first-order valence-corrected chi connectivity index (χ1v) is 8.46. The highest BCUT2D eigenvalue weighted by Crippen LogP contribution is 2.29. The number of aryl methyl sites for hydroxylation is 1. The molecule has 0 aliphatic rings. The summed E-state index contributed by atoms with van der Waals surface area (Å²) in [6, 6.07) is 12.2. The molecule has 3 rings (SSSR count). The third-order valence-electron chi connectivity index (χ3n) is 3.07. The van der Waals surface area contributed by atoms with Gasteiger partial charge in [-0.05, 0) is 36.8 Å². The van der Waals surface area contributed by atoms with Crippen molar-refractivity contribution in [3.63, 3.8) is 0 Å². The van der Waals surface area contributed by atoms with E-state index in [1.54, 1.807) is 17.4 Å². The number of hydrogen-bond acceptors (Lipinski definition) is 4. The van der Waals surface area contributed by atoms with Crippen molar-refractivity contribution in [2.75, 3.05) is 11.1 Å². The molecule has 0 fully saturated rings. The van der Waals surface area contributed by atoms with Crippen LogP contribution in [0.15, 0.2) is 46.8 Å². The summed E-state index contributed by atoms with van der Waals surface area (Å²) in [6.45, 7) is 1.83. The summed E-state index contributed by atoms with van der Waals surface area (Å²) in [5.41, 5.74) is 2.28. The van der Waals surface area contributed by atoms with Crippen LogP contribution in [0.4, 0.5) is 10.1 Å². The Bertz CT molecular complexity index is 799.